The molecule has 27 heavy (non-hydrogen) atoms. The second-order valence-corrected chi connectivity index (χ2v) is 6.76. The summed E-state index contributed by atoms with van der Waals surface area (Å²) in [5.74, 6) is 3.60. The lowest BCUT2D eigenvalue weighted by Gasteiger charge is -2.31. The number of rotatable bonds is 7. The molecule has 0 unspecified atom stereocenters. The van der Waals surface area contributed by atoms with Gasteiger partial charge in [0.2, 0.25) is 5.91 Å². The molecule has 0 aliphatic carbocycles. The molecule has 1 amide bonds. The number of carbonyl (C=O) groups is 1. The number of likely N-dealkylation sites (tertiary alicyclic amines) is 1. The van der Waals surface area contributed by atoms with Crippen molar-refractivity contribution in [3.05, 3.63) is 35.4 Å². The van der Waals surface area contributed by atoms with Crippen molar-refractivity contribution in [2.75, 3.05) is 26.3 Å². The molecular weight excluding hydrogens is 344 g/mol. The molecule has 0 saturated carbocycles. The lowest BCUT2D eigenvalue weighted by Crippen LogP contribution is -2.39. The largest absolute Gasteiger partial charge is 0.490 e. The smallest absolute Gasteiger partial charge is 0.226 e. The van der Waals surface area contributed by atoms with Gasteiger partial charge in [0.1, 0.15) is 5.82 Å². The molecule has 1 aliphatic rings. The summed E-state index contributed by atoms with van der Waals surface area (Å²) in [6.07, 6.45) is 2.17. The molecule has 1 saturated heterocycles. The van der Waals surface area contributed by atoms with Crippen LogP contribution in [0.25, 0.3) is 0 Å². The number of aromatic nitrogens is 3. The Bertz CT molecular complexity index is 766. The van der Waals surface area contributed by atoms with E-state index < -0.39 is 0 Å². The number of aryl methyl sites for hydroxylation is 1. The minimum atomic E-state index is 0.145. The Kier molecular flexibility index (Phi) is 6.32. The van der Waals surface area contributed by atoms with Crippen molar-refractivity contribution >= 4 is 5.91 Å². The van der Waals surface area contributed by atoms with E-state index in [1.54, 1.807) is 0 Å². The number of amides is 1. The van der Waals surface area contributed by atoms with Crippen molar-refractivity contribution < 1.29 is 14.3 Å². The van der Waals surface area contributed by atoms with Gasteiger partial charge in [0.05, 0.1) is 19.6 Å². The van der Waals surface area contributed by atoms with Gasteiger partial charge >= 0.3 is 0 Å². The second kappa shape index (κ2) is 8.88. The number of aromatic amines is 1. The summed E-state index contributed by atoms with van der Waals surface area (Å²) in [5.41, 5.74) is 0.943. The molecule has 0 radical (unpaired) electrons. The van der Waals surface area contributed by atoms with Gasteiger partial charge in [0.25, 0.3) is 0 Å². The Morgan fingerprint density at radius 3 is 2.52 bits per heavy atom. The van der Waals surface area contributed by atoms with Crippen LogP contribution in [0.3, 0.4) is 0 Å². The summed E-state index contributed by atoms with van der Waals surface area (Å²) >= 11 is 0. The molecular formula is C20H28N4O3. The number of piperidine rings is 1. The number of benzene rings is 1. The molecule has 1 aromatic heterocycles. The molecule has 1 aromatic carbocycles. The first kappa shape index (κ1) is 19.2. The standard InChI is InChI=1S/C20H28N4O3/c1-4-26-17-7-6-15(12-18(17)27-5-2)13-19(25)24-10-8-16(9-11-24)20-21-14(3)22-23-20/h6-7,12,16H,4-5,8-11,13H2,1-3H3,(H,21,22,23). The molecule has 7 heteroatoms. The lowest BCUT2D eigenvalue weighted by molar-refractivity contribution is -0.131. The molecule has 1 fully saturated rings. The Morgan fingerprint density at radius 2 is 1.89 bits per heavy atom. The third kappa shape index (κ3) is 4.78. The van der Waals surface area contributed by atoms with Crippen molar-refractivity contribution in [2.24, 2.45) is 0 Å². The monoisotopic (exact) mass is 372 g/mol. The van der Waals surface area contributed by atoms with Crippen LogP contribution in [0.5, 0.6) is 11.5 Å². The first-order chi connectivity index (χ1) is 13.1. The van der Waals surface area contributed by atoms with E-state index in [0.29, 0.717) is 31.3 Å². The maximum absolute atomic E-state index is 12.7. The van der Waals surface area contributed by atoms with Gasteiger partial charge in [-0.05, 0) is 51.3 Å². The Balaban J connectivity index is 1.58. The zero-order chi connectivity index (χ0) is 19.2. The van der Waals surface area contributed by atoms with Gasteiger partial charge in [-0.15, -0.1) is 0 Å². The van der Waals surface area contributed by atoms with E-state index >= 15 is 0 Å². The normalized spacial score (nSPS) is 15.0. The van der Waals surface area contributed by atoms with Crippen LogP contribution in [-0.2, 0) is 11.2 Å². The minimum Gasteiger partial charge on any atom is -0.490 e. The molecule has 0 spiro atoms. The van der Waals surface area contributed by atoms with Crippen molar-refractivity contribution in [3.8, 4) is 11.5 Å². The average molecular weight is 372 g/mol. The van der Waals surface area contributed by atoms with Gasteiger partial charge in [0.15, 0.2) is 17.3 Å². The zero-order valence-corrected chi connectivity index (χ0v) is 16.3. The van der Waals surface area contributed by atoms with Gasteiger partial charge in [-0.1, -0.05) is 6.07 Å². The molecule has 1 N–H and O–H groups in total. The van der Waals surface area contributed by atoms with Crippen LogP contribution in [0.15, 0.2) is 18.2 Å². The van der Waals surface area contributed by atoms with Crippen LogP contribution < -0.4 is 9.47 Å². The van der Waals surface area contributed by atoms with E-state index in [2.05, 4.69) is 15.2 Å². The third-order valence-corrected chi connectivity index (χ3v) is 4.79. The first-order valence-corrected chi connectivity index (χ1v) is 9.65. The quantitative estimate of drug-likeness (QED) is 0.808. The number of nitrogens with zero attached hydrogens (tertiary/aromatic N) is 3. The van der Waals surface area contributed by atoms with E-state index in [9.17, 15) is 4.79 Å². The van der Waals surface area contributed by atoms with Gasteiger partial charge in [-0.3, -0.25) is 9.89 Å². The zero-order valence-electron chi connectivity index (χ0n) is 16.3. The molecule has 146 valence electrons. The Hall–Kier alpha value is -2.57. The number of hydrogen-bond acceptors (Lipinski definition) is 5. The van der Waals surface area contributed by atoms with Gasteiger partial charge < -0.3 is 14.4 Å². The number of ether oxygens (including phenoxy) is 2. The van der Waals surface area contributed by atoms with Crippen LogP contribution in [-0.4, -0.2) is 52.3 Å². The van der Waals surface area contributed by atoms with Gasteiger partial charge in [0, 0.05) is 19.0 Å². The average Bonchev–Trinajstić information content (AvgIpc) is 3.11. The summed E-state index contributed by atoms with van der Waals surface area (Å²) in [6.45, 7) is 8.41. The summed E-state index contributed by atoms with van der Waals surface area (Å²) in [7, 11) is 0. The third-order valence-electron chi connectivity index (χ3n) is 4.79. The highest BCUT2D eigenvalue weighted by atomic mass is 16.5. The maximum atomic E-state index is 12.7. The van der Waals surface area contributed by atoms with Crippen molar-refractivity contribution in [1.29, 1.82) is 0 Å². The molecule has 2 heterocycles. The van der Waals surface area contributed by atoms with Gasteiger partial charge in [-0.25, -0.2) is 4.98 Å². The van der Waals surface area contributed by atoms with E-state index in [1.807, 2.05) is 43.9 Å². The van der Waals surface area contributed by atoms with E-state index in [1.165, 1.54) is 0 Å². The highest BCUT2D eigenvalue weighted by Crippen LogP contribution is 2.30. The van der Waals surface area contributed by atoms with Crippen LogP contribution in [0, 0.1) is 6.92 Å². The van der Waals surface area contributed by atoms with Crippen molar-refractivity contribution in [1.82, 2.24) is 20.1 Å². The number of carbonyl (C=O) groups excluding carboxylic acids is 1. The fraction of sp³-hybridized carbons (Fsp3) is 0.550. The fourth-order valence-corrected chi connectivity index (χ4v) is 3.42. The van der Waals surface area contributed by atoms with Gasteiger partial charge in [-0.2, -0.15) is 5.10 Å². The van der Waals surface area contributed by atoms with E-state index in [0.717, 1.165) is 48.9 Å². The maximum Gasteiger partial charge on any atom is 0.226 e. The fourth-order valence-electron chi connectivity index (χ4n) is 3.42. The number of nitrogens with one attached hydrogen (secondary N) is 1. The van der Waals surface area contributed by atoms with Crippen LogP contribution >= 0.6 is 0 Å². The molecule has 0 atom stereocenters. The SMILES string of the molecule is CCOc1ccc(CC(=O)N2CCC(c3n[nH]c(C)n3)CC2)cc1OCC. The van der Waals surface area contributed by atoms with Crippen LogP contribution in [0.1, 0.15) is 49.8 Å². The minimum absolute atomic E-state index is 0.145. The Labute approximate surface area is 160 Å². The first-order valence-electron chi connectivity index (χ1n) is 9.65. The van der Waals surface area contributed by atoms with Crippen molar-refractivity contribution in [3.63, 3.8) is 0 Å². The summed E-state index contributed by atoms with van der Waals surface area (Å²) < 4.78 is 11.2. The summed E-state index contributed by atoms with van der Waals surface area (Å²) in [6, 6.07) is 5.74. The number of hydrogen-bond donors (Lipinski definition) is 1. The molecule has 0 bridgehead atoms. The van der Waals surface area contributed by atoms with Crippen LogP contribution in [0.2, 0.25) is 0 Å². The predicted molar refractivity (Wildman–Crippen MR) is 102 cm³/mol. The predicted octanol–water partition coefficient (Wildman–Crippen LogP) is 2.86. The van der Waals surface area contributed by atoms with E-state index in [-0.39, 0.29) is 5.91 Å². The lowest BCUT2D eigenvalue weighted by atomic mass is 9.95. The molecule has 2 aromatic rings. The topological polar surface area (TPSA) is 80.3 Å². The molecule has 1 aliphatic heterocycles. The molecule has 7 nitrogen and oxygen atoms in total. The Morgan fingerprint density at radius 1 is 1.19 bits per heavy atom. The summed E-state index contributed by atoms with van der Waals surface area (Å²) in [5, 5.41) is 7.16. The van der Waals surface area contributed by atoms with Crippen LogP contribution in [0.4, 0.5) is 0 Å². The second-order valence-electron chi connectivity index (χ2n) is 6.76. The van der Waals surface area contributed by atoms with Crippen molar-refractivity contribution in [2.45, 2.75) is 46.0 Å². The van der Waals surface area contributed by atoms with E-state index in [4.69, 9.17) is 9.47 Å². The highest BCUT2D eigenvalue weighted by molar-refractivity contribution is 5.79. The molecule has 3 rings (SSSR count). The summed E-state index contributed by atoms with van der Waals surface area (Å²) in [4.78, 5) is 19.1. The highest BCUT2D eigenvalue weighted by Gasteiger charge is 2.26. The number of H-pyrrole nitrogens is 1.